The van der Waals surface area contributed by atoms with Crippen LogP contribution in [0.25, 0.3) is 0 Å². The Morgan fingerprint density at radius 3 is 2.46 bits per heavy atom. The average Bonchev–Trinajstić information content (AvgIpc) is 2.35. The number of carbonyl (C=O) groups excluding carboxylic acids is 1. The summed E-state index contributed by atoms with van der Waals surface area (Å²) in [7, 11) is 3.58. The third-order valence-electron chi connectivity index (χ3n) is 1.92. The molecular formula is C9H13NO2S. The highest BCUT2D eigenvalue weighted by atomic mass is 32.1. The van der Waals surface area contributed by atoms with E-state index in [0.717, 1.165) is 12.0 Å². The maximum absolute atomic E-state index is 11.3. The van der Waals surface area contributed by atoms with Crippen molar-refractivity contribution in [2.24, 2.45) is 0 Å². The van der Waals surface area contributed by atoms with Crippen molar-refractivity contribution in [3.05, 3.63) is 11.3 Å². The SMILES string of the molecule is CC1=C(OC(=S)N(C)C)C(=O)CC1. The molecule has 72 valence electrons. The molecule has 0 radical (unpaired) electrons. The van der Waals surface area contributed by atoms with Crippen LogP contribution in [0.1, 0.15) is 19.8 Å². The molecule has 0 aromatic heterocycles. The second kappa shape index (κ2) is 3.87. The van der Waals surface area contributed by atoms with Crippen molar-refractivity contribution in [2.75, 3.05) is 14.1 Å². The van der Waals surface area contributed by atoms with Gasteiger partial charge in [-0.2, -0.15) is 0 Å². The van der Waals surface area contributed by atoms with E-state index in [1.165, 1.54) is 0 Å². The van der Waals surface area contributed by atoms with Gasteiger partial charge in [0, 0.05) is 20.5 Å². The highest BCUT2D eigenvalue weighted by Gasteiger charge is 2.23. The fourth-order valence-corrected chi connectivity index (χ4v) is 1.17. The molecule has 0 heterocycles. The van der Waals surface area contributed by atoms with Crippen molar-refractivity contribution in [1.29, 1.82) is 0 Å². The lowest BCUT2D eigenvalue weighted by Gasteiger charge is -2.14. The Morgan fingerprint density at radius 2 is 2.08 bits per heavy atom. The Balaban J connectivity index is 2.68. The maximum Gasteiger partial charge on any atom is 0.264 e. The Kier molecular flexibility index (Phi) is 3.03. The third kappa shape index (κ3) is 2.28. The summed E-state index contributed by atoms with van der Waals surface area (Å²) in [6.45, 7) is 1.90. The molecule has 0 aromatic rings. The Hall–Kier alpha value is -0.900. The van der Waals surface area contributed by atoms with E-state index in [9.17, 15) is 4.79 Å². The molecule has 13 heavy (non-hydrogen) atoms. The number of hydrogen-bond acceptors (Lipinski definition) is 3. The molecule has 0 amide bonds. The molecule has 3 nitrogen and oxygen atoms in total. The smallest absolute Gasteiger partial charge is 0.264 e. The van der Waals surface area contributed by atoms with Gasteiger partial charge in [0.1, 0.15) is 0 Å². The summed E-state index contributed by atoms with van der Waals surface area (Å²) < 4.78 is 5.28. The van der Waals surface area contributed by atoms with Gasteiger partial charge in [0.15, 0.2) is 11.5 Å². The van der Waals surface area contributed by atoms with E-state index < -0.39 is 0 Å². The van der Waals surface area contributed by atoms with Crippen LogP contribution >= 0.6 is 12.2 Å². The predicted octanol–water partition coefficient (Wildman–Crippen LogP) is 1.49. The highest BCUT2D eigenvalue weighted by Crippen LogP contribution is 2.23. The number of Topliss-reactive ketones (excluding diaryl/α,β-unsaturated/α-hetero) is 1. The van der Waals surface area contributed by atoms with E-state index in [1.807, 2.05) is 6.92 Å². The topological polar surface area (TPSA) is 29.5 Å². The first kappa shape index (κ1) is 10.2. The largest absolute Gasteiger partial charge is 0.428 e. The molecule has 0 saturated heterocycles. The van der Waals surface area contributed by atoms with Crippen molar-refractivity contribution in [3.8, 4) is 0 Å². The second-order valence-corrected chi connectivity index (χ2v) is 3.64. The molecule has 0 aliphatic heterocycles. The first-order valence-electron chi connectivity index (χ1n) is 4.14. The van der Waals surface area contributed by atoms with Gasteiger partial charge in [-0.15, -0.1) is 0 Å². The minimum atomic E-state index is 0.0571. The number of allylic oxidation sites excluding steroid dienone is 2. The predicted molar refractivity (Wildman–Crippen MR) is 54.3 cm³/mol. The quantitative estimate of drug-likeness (QED) is 0.598. The van der Waals surface area contributed by atoms with Gasteiger partial charge in [-0.25, -0.2) is 0 Å². The number of rotatable bonds is 1. The summed E-state index contributed by atoms with van der Waals surface area (Å²) in [4.78, 5) is 12.9. The van der Waals surface area contributed by atoms with Crippen LogP contribution in [0.4, 0.5) is 0 Å². The Bertz CT molecular complexity index is 281. The van der Waals surface area contributed by atoms with E-state index in [2.05, 4.69) is 0 Å². The van der Waals surface area contributed by atoms with Crippen LogP contribution in [0.15, 0.2) is 11.3 Å². The molecule has 1 aliphatic rings. The number of nitrogens with zero attached hydrogens (tertiary/aromatic N) is 1. The molecule has 1 rings (SSSR count). The normalized spacial score (nSPS) is 16.4. The zero-order valence-electron chi connectivity index (χ0n) is 8.09. The van der Waals surface area contributed by atoms with Gasteiger partial charge >= 0.3 is 0 Å². The van der Waals surface area contributed by atoms with E-state index in [-0.39, 0.29) is 5.78 Å². The fraction of sp³-hybridized carbons (Fsp3) is 0.556. The first-order chi connectivity index (χ1) is 6.02. The number of carbonyl (C=O) groups is 1. The standard InChI is InChI=1S/C9H13NO2S/c1-6-4-5-7(11)8(6)12-9(13)10(2)3/h4-5H2,1-3H3. The summed E-state index contributed by atoms with van der Waals surface area (Å²) in [5.41, 5.74) is 0.995. The zero-order valence-corrected chi connectivity index (χ0v) is 8.90. The molecule has 0 aromatic carbocycles. The van der Waals surface area contributed by atoms with E-state index in [0.29, 0.717) is 17.4 Å². The van der Waals surface area contributed by atoms with Crippen molar-refractivity contribution in [3.63, 3.8) is 0 Å². The van der Waals surface area contributed by atoms with Crippen LogP contribution in [0.2, 0.25) is 0 Å². The first-order valence-corrected chi connectivity index (χ1v) is 4.55. The molecule has 0 atom stereocenters. The minimum absolute atomic E-state index is 0.0571. The summed E-state index contributed by atoms with van der Waals surface area (Å²) in [5.74, 6) is 0.500. The maximum atomic E-state index is 11.3. The zero-order chi connectivity index (χ0) is 10.0. The van der Waals surface area contributed by atoms with Gasteiger partial charge < -0.3 is 9.64 Å². The minimum Gasteiger partial charge on any atom is -0.428 e. The summed E-state index contributed by atoms with van der Waals surface area (Å²) in [5, 5.41) is 0.338. The number of hydrogen-bond donors (Lipinski definition) is 0. The van der Waals surface area contributed by atoms with Crippen molar-refractivity contribution in [1.82, 2.24) is 4.90 Å². The van der Waals surface area contributed by atoms with Crippen molar-refractivity contribution >= 4 is 23.2 Å². The van der Waals surface area contributed by atoms with Crippen LogP contribution < -0.4 is 0 Å². The molecule has 0 spiro atoms. The lowest BCUT2D eigenvalue weighted by molar-refractivity contribution is -0.116. The molecular weight excluding hydrogens is 186 g/mol. The highest BCUT2D eigenvalue weighted by molar-refractivity contribution is 7.80. The van der Waals surface area contributed by atoms with Gasteiger partial charge in [-0.3, -0.25) is 4.79 Å². The second-order valence-electron chi connectivity index (χ2n) is 3.30. The van der Waals surface area contributed by atoms with Crippen LogP contribution in [0.5, 0.6) is 0 Å². The molecule has 0 fully saturated rings. The van der Waals surface area contributed by atoms with Gasteiger partial charge in [0.25, 0.3) is 5.17 Å². The number of thiocarbonyl (C=S) groups is 1. The molecule has 1 aliphatic carbocycles. The van der Waals surface area contributed by atoms with E-state index in [4.69, 9.17) is 17.0 Å². The summed E-state index contributed by atoms with van der Waals surface area (Å²) >= 11 is 4.94. The van der Waals surface area contributed by atoms with Gasteiger partial charge in [-0.05, 0) is 31.1 Å². The number of ketones is 1. The van der Waals surface area contributed by atoms with Crippen molar-refractivity contribution in [2.45, 2.75) is 19.8 Å². The summed E-state index contributed by atoms with van der Waals surface area (Å²) in [6.07, 6.45) is 1.35. The number of ether oxygens (including phenoxy) is 1. The van der Waals surface area contributed by atoms with E-state index in [1.54, 1.807) is 19.0 Å². The monoisotopic (exact) mass is 199 g/mol. The van der Waals surface area contributed by atoms with Crippen LogP contribution in [0, 0.1) is 0 Å². The third-order valence-corrected chi connectivity index (χ3v) is 2.37. The van der Waals surface area contributed by atoms with E-state index >= 15 is 0 Å². The van der Waals surface area contributed by atoms with Gasteiger partial charge in [-0.1, -0.05) is 0 Å². The fourth-order valence-electron chi connectivity index (χ4n) is 1.09. The Labute approximate surface area is 83.4 Å². The van der Waals surface area contributed by atoms with Crippen LogP contribution in [0.3, 0.4) is 0 Å². The summed E-state index contributed by atoms with van der Waals surface area (Å²) in [6, 6.07) is 0. The molecule has 4 heteroatoms. The van der Waals surface area contributed by atoms with Crippen LogP contribution in [-0.2, 0) is 9.53 Å². The molecule has 0 bridgehead atoms. The Morgan fingerprint density at radius 1 is 1.46 bits per heavy atom. The molecule has 0 saturated carbocycles. The average molecular weight is 199 g/mol. The molecule has 0 N–H and O–H groups in total. The van der Waals surface area contributed by atoms with Gasteiger partial charge in [0.2, 0.25) is 0 Å². The van der Waals surface area contributed by atoms with Gasteiger partial charge in [0.05, 0.1) is 0 Å². The van der Waals surface area contributed by atoms with Crippen molar-refractivity contribution < 1.29 is 9.53 Å². The van der Waals surface area contributed by atoms with Crippen LogP contribution in [-0.4, -0.2) is 30.0 Å². The molecule has 0 unspecified atom stereocenters. The lowest BCUT2D eigenvalue weighted by Crippen LogP contribution is -2.23. The lowest BCUT2D eigenvalue weighted by atomic mass is 10.3.